The molecule has 0 spiro atoms. The number of benzene rings is 1. The molecule has 0 bridgehead atoms. The molecule has 0 aliphatic carbocycles. The molecule has 88 valence electrons. The van der Waals surface area contributed by atoms with Gasteiger partial charge in [0.25, 0.3) is 0 Å². The molecule has 0 saturated carbocycles. The zero-order valence-electron chi connectivity index (χ0n) is 9.34. The average Bonchev–Trinajstić information content (AvgIpc) is 2.27. The van der Waals surface area contributed by atoms with Gasteiger partial charge in [0, 0.05) is 18.5 Å². The molecule has 1 aromatic carbocycles. The van der Waals surface area contributed by atoms with Gasteiger partial charge in [-0.1, -0.05) is 17.7 Å². The first kappa shape index (κ1) is 12.8. The van der Waals surface area contributed by atoms with E-state index in [0.29, 0.717) is 23.6 Å². The molecule has 0 aliphatic heterocycles. The van der Waals surface area contributed by atoms with Gasteiger partial charge in [-0.05, 0) is 24.1 Å². The van der Waals surface area contributed by atoms with Crippen molar-refractivity contribution >= 4 is 17.5 Å². The molecule has 0 heterocycles. The van der Waals surface area contributed by atoms with E-state index in [4.69, 9.17) is 16.3 Å². The van der Waals surface area contributed by atoms with Gasteiger partial charge in [0.05, 0.1) is 7.11 Å². The first-order valence-electron chi connectivity index (χ1n) is 4.95. The molecule has 0 aromatic heterocycles. The van der Waals surface area contributed by atoms with Crippen molar-refractivity contribution in [3.63, 3.8) is 0 Å². The van der Waals surface area contributed by atoms with Gasteiger partial charge >= 0.3 is 0 Å². The summed E-state index contributed by atoms with van der Waals surface area (Å²) in [6.45, 7) is 0. The molecule has 1 aromatic rings. The van der Waals surface area contributed by atoms with Crippen LogP contribution in [0.4, 0.5) is 0 Å². The number of aryl methyl sites for hydroxylation is 1. The molecule has 0 aliphatic rings. The zero-order valence-corrected chi connectivity index (χ0v) is 10.1. The maximum absolute atomic E-state index is 11.2. The maximum Gasteiger partial charge on any atom is 0.234 e. The van der Waals surface area contributed by atoms with Crippen molar-refractivity contribution in [1.82, 2.24) is 10.9 Å². The lowest BCUT2D eigenvalue weighted by Crippen LogP contribution is -2.34. The van der Waals surface area contributed by atoms with Gasteiger partial charge in [-0.2, -0.15) is 0 Å². The minimum atomic E-state index is -0.0608. The first-order valence-corrected chi connectivity index (χ1v) is 5.33. The number of hydrazine groups is 1. The van der Waals surface area contributed by atoms with Crippen LogP contribution >= 0.6 is 11.6 Å². The fraction of sp³-hybridized carbons (Fsp3) is 0.364. The van der Waals surface area contributed by atoms with Crippen molar-refractivity contribution in [3.8, 4) is 5.75 Å². The van der Waals surface area contributed by atoms with E-state index in [1.165, 1.54) is 0 Å². The standard InChI is InChI=1S/C11H15ClN2O2/c1-13-14-11(15)6-4-8-3-5-9(16-2)7-10(8)12/h3,5,7,13H,4,6H2,1-2H3,(H,14,15). The van der Waals surface area contributed by atoms with E-state index in [0.717, 1.165) is 5.56 Å². The number of hydrogen-bond donors (Lipinski definition) is 2. The molecule has 4 nitrogen and oxygen atoms in total. The van der Waals surface area contributed by atoms with Crippen LogP contribution in [0.25, 0.3) is 0 Å². The van der Waals surface area contributed by atoms with Crippen LogP contribution in [0.3, 0.4) is 0 Å². The molecule has 0 fully saturated rings. The van der Waals surface area contributed by atoms with Crippen molar-refractivity contribution in [2.75, 3.05) is 14.2 Å². The Hall–Kier alpha value is -1.26. The van der Waals surface area contributed by atoms with Crippen LogP contribution in [0, 0.1) is 0 Å². The molecule has 0 unspecified atom stereocenters. The molecular weight excluding hydrogens is 228 g/mol. The van der Waals surface area contributed by atoms with E-state index in [1.54, 1.807) is 20.2 Å². The average molecular weight is 243 g/mol. The lowest BCUT2D eigenvalue weighted by Gasteiger charge is -2.06. The Balaban J connectivity index is 2.57. The summed E-state index contributed by atoms with van der Waals surface area (Å²) in [7, 11) is 3.24. The van der Waals surface area contributed by atoms with Gasteiger partial charge in [-0.15, -0.1) is 0 Å². The number of methoxy groups -OCH3 is 1. The van der Waals surface area contributed by atoms with E-state index in [1.807, 2.05) is 12.1 Å². The lowest BCUT2D eigenvalue weighted by atomic mass is 10.1. The van der Waals surface area contributed by atoms with Crippen molar-refractivity contribution < 1.29 is 9.53 Å². The summed E-state index contributed by atoms with van der Waals surface area (Å²) in [6, 6.07) is 5.44. The second-order valence-electron chi connectivity index (χ2n) is 3.26. The SMILES string of the molecule is CNNC(=O)CCc1ccc(OC)cc1Cl. The van der Waals surface area contributed by atoms with Gasteiger partial charge in [0.15, 0.2) is 0 Å². The third-order valence-corrected chi connectivity index (χ3v) is 2.50. The Labute approximate surface area is 99.9 Å². The topological polar surface area (TPSA) is 50.4 Å². The minimum Gasteiger partial charge on any atom is -0.497 e. The van der Waals surface area contributed by atoms with Crippen molar-refractivity contribution in [3.05, 3.63) is 28.8 Å². The Morgan fingerprint density at radius 3 is 2.81 bits per heavy atom. The number of ether oxygens (including phenoxy) is 1. The maximum atomic E-state index is 11.2. The monoisotopic (exact) mass is 242 g/mol. The summed E-state index contributed by atoms with van der Waals surface area (Å²) in [5.41, 5.74) is 6.02. The molecule has 1 rings (SSSR count). The smallest absolute Gasteiger partial charge is 0.234 e. The summed E-state index contributed by atoms with van der Waals surface area (Å²) in [5, 5.41) is 0.622. The van der Waals surface area contributed by atoms with Crippen LogP contribution in [0.2, 0.25) is 5.02 Å². The van der Waals surface area contributed by atoms with E-state index < -0.39 is 0 Å². The number of amides is 1. The molecule has 0 atom stereocenters. The van der Waals surface area contributed by atoms with Crippen LogP contribution in [-0.2, 0) is 11.2 Å². The van der Waals surface area contributed by atoms with Crippen LogP contribution in [0.15, 0.2) is 18.2 Å². The predicted molar refractivity (Wildman–Crippen MR) is 63.5 cm³/mol. The number of carbonyl (C=O) groups excluding carboxylic acids is 1. The predicted octanol–water partition coefficient (Wildman–Crippen LogP) is 1.53. The summed E-state index contributed by atoms with van der Waals surface area (Å²) in [6.07, 6.45) is 1.00. The largest absolute Gasteiger partial charge is 0.497 e. The molecule has 16 heavy (non-hydrogen) atoms. The van der Waals surface area contributed by atoms with E-state index in [9.17, 15) is 4.79 Å². The summed E-state index contributed by atoms with van der Waals surface area (Å²) in [4.78, 5) is 11.2. The number of hydrogen-bond acceptors (Lipinski definition) is 3. The number of carbonyl (C=O) groups is 1. The Morgan fingerprint density at radius 2 is 2.25 bits per heavy atom. The lowest BCUT2D eigenvalue weighted by molar-refractivity contribution is -0.121. The summed E-state index contributed by atoms with van der Waals surface area (Å²) in [5.74, 6) is 0.655. The Bertz CT molecular complexity index is 369. The minimum absolute atomic E-state index is 0.0608. The summed E-state index contributed by atoms with van der Waals surface area (Å²) < 4.78 is 5.04. The quantitative estimate of drug-likeness (QED) is 0.770. The molecule has 5 heteroatoms. The van der Waals surface area contributed by atoms with Crippen LogP contribution < -0.4 is 15.6 Å². The fourth-order valence-corrected chi connectivity index (χ4v) is 1.57. The van der Waals surface area contributed by atoms with Gasteiger partial charge in [0.2, 0.25) is 5.91 Å². The van der Waals surface area contributed by atoms with Crippen molar-refractivity contribution in [2.45, 2.75) is 12.8 Å². The molecule has 0 saturated heterocycles. The third kappa shape index (κ3) is 3.72. The summed E-state index contributed by atoms with van der Waals surface area (Å²) >= 11 is 6.04. The number of rotatable bonds is 5. The van der Waals surface area contributed by atoms with E-state index in [2.05, 4.69) is 10.9 Å². The number of halogens is 1. The molecule has 0 radical (unpaired) electrons. The zero-order chi connectivity index (χ0) is 12.0. The highest BCUT2D eigenvalue weighted by Crippen LogP contribution is 2.23. The van der Waals surface area contributed by atoms with Gasteiger partial charge < -0.3 is 4.74 Å². The van der Waals surface area contributed by atoms with Gasteiger partial charge in [0.1, 0.15) is 5.75 Å². The van der Waals surface area contributed by atoms with Crippen LogP contribution in [0.5, 0.6) is 5.75 Å². The highest BCUT2D eigenvalue weighted by atomic mass is 35.5. The second-order valence-corrected chi connectivity index (χ2v) is 3.66. The van der Waals surface area contributed by atoms with E-state index >= 15 is 0 Å². The van der Waals surface area contributed by atoms with E-state index in [-0.39, 0.29) is 5.91 Å². The fourth-order valence-electron chi connectivity index (χ4n) is 1.31. The normalized spacial score (nSPS) is 9.94. The Morgan fingerprint density at radius 1 is 1.50 bits per heavy atom. The van der Waals surface area contributed by atoms with Crippen molar-refractivity contribution in [2.24, 2.45) is 0 Å². The first-order chi connectivity index (χ1) is 7.67. The van der Waals surface area contributed by atoms with Gasteiger partial charge in [-0.3, -0.25) is 10.2 Å². The van der Waals surface area contributed by atoms with Gasteiger partial charge in [-0.25, -0.2) is 5.43 Å². The number of nitrogens with one attached hydrogen (secondary N) is 2. The molecule has 2 N–H and O–H groups in total. The molecular formula is C11H15ClN2O2. The van der Waals surface area contributed by atoms with Crippen molar-refractivity contribution in [1.29, 1.82) is 0 Å². The second kappa shape index (κ2) is 6.35. The Kier molecular flexibility index (Phi) is 5.08. The third-order valence-electron chi connectivity index (χ3n) is 2.15. The highest BCUT2D eigenvalue weighted by molar-refractivity contribution is 6.31. The van der Waals surface area contributed by atoms with Crippen LogP contribution in [-0.4, -0.2) is 20.1 Å². The highest BCUT2D eigenvalue weighted by Gasteiger charge is 2.05. The van der Waals surface area contributed by atoms with Crippen LogP contribution in [0.1, 0.15) is 12.0 Å². The molecule has 1 amide bonds.